The van der Waals surface area contributed by atoms with Crippen LogP contribution in [0.2, 0.25) is 0 Å². The highest BCUT2D eigenvalue weighted by Crippen LogP contribution is 2.10. The molecule has 0 amide bonds. The van der Waals surface area contributed by atoms with Crippen molar-refractivity contribution < 1.29 is 4.74 Å². The maximum Gasteiger partial charge on any atom is 0.0719 e. The van der Waals surface area contributed by atoms with Crippen LogP contribution >= 0.6 is 0 Å². The largest absolute Gasteiger partial charge is 0.380 e. The van der Waals surface area contributed by atoms with Crippen molar-refractivity contribution in [1.82, 2.24) is 5.32 Å². The summed E-state index contributed by atoms with van der Waals surface area (Å²) in [6.07, 6.45) is 0.257. The molecule has 0 aliphatic carbocycles. The Morgan fingerprint density at radius 1 is 1.50 bits per heavy atom. The zero-order chi connectivity index (χ0) is 8.20. The Hall–Kier alpha value is -0.0800. The van der Waals surface area contributed by atoms with Crippen LogP contribution in [-0.4, -0.2) is 25.3 Å². The summed E-state index contributed by atoms with van der Waals surface area (Å²) in [6, 6.07) is 0. The molecule has 0 fully saturated rings. The Kier molecular flexibility index (Phi) is 3.91. The second-order valence-corrected chi connectivity index (χ2v) is 3.13. The molecule has 2 heteroatoms. The third-order valence-corrected chi connectivity index (χ3v) is 2.00. The molecule has 0 radical (unpaired) electrons. The van der Waals surface area contributed by atoms with Gasteiger partial charge in [0.25, 0.3) is 0 Å². The van der Waals surface area contributed by atoms with Gasteiger partial charge in [0.05, 0.1) is 6.10 Å². The Labute approximate surface area is 64.0 Å². The number of rotatable bonds is 4. The summed E-state index contributed by atoms with van der Waals surface area (Å²) in [5, 5.41) is 3.35. The fraction of sp³-hybridized carbons (Fsp3) is 1.00. The van der Waals surface area contributed by atoms with Crippen LogP contribution in [0.5, 0.6) is 0 Å². The minimum Gasteiger partial charge on any atom is -0.380 e. The molecule has 0 aromatic carbocycles. The molecule has 1 unspecified atom stereocenters. The minimum absolute atomic E-state index is 0.0868. The first kappa shape index (κ1) is 9.92. The van der Waals surface area contributed by atoms with Gasteiger partial charge in [-0.15, -0.1) is 0 Å². The van der Waals surface area contributed by atoms with Crippen molar-refractivity contribution in [2.75, 3.05) is 13.7 Å². The van der Waals surface area contributed by atoms with Gasteiger partial charge in [-0.05, 0) is 27.3 Å². The SMILES string of the molecule is CCNC(C)(C)C(C)OC. The Balaban J connectivity index is 3.82. The topological polar surface area (TPSA) is 21.3 Å². The Morgan fingerprint density at radius 2 is 2.00 bits per heavy atom. The molecule has 0 bridgehead atoms. The molecule has 10 heavy (non-hydrogen) atoms. The van der Waals surface area contributed by atoms with Gasteiger partial charge in [-0.3, -0.25) is 0 Å². The van der Waals surface area contributed by atoms with Crippen LogP contribution in [0.25, 0.3) is 0 Å². The minimum atomic E-state index is 0.0868. The number of nitrogens with one attached hydrogen (secondary N) is 1. The third kappa shape index (κ3) is 2.67. The van der Waals surface area contributed by atoms with Crippen LogP contribution in [0.4, 0.5) is 0 Å². The number of methoxy groups -OCH3 is 1. The van der Waals surface area contributed by atoms with Crippen LogP contribution in [0.15, 0.2) is 0 Å². The summed E-state index contributed by atoms with van der Waals surface area (Å²) in [7, 11) is 1.74. The highest BCUT2D eigenvalue weighted by atomic mass is 16.5. The smallest absolute Gasteiger partial charge is 0.0719 e. The lowest BCUT2D eigenvalue weighted by Gasteiger charge is -2.31. The van der Waals surface area contributed by atoms with E-state index >= 15 is 0 Å². The van der Waals surface area contributed by atoms with E-state index in [0.29, 0.717) is 0 Å². The van der Waals surface area contributed by atoms with Crippen LogP contribution in [0.3, 0.4) is 0 Å². The molecular formula is C8H19NO. The van der Waals surface area contributed by atoms with Gasteiger partial charge in [-0.2, -0.15) is 0 Å². The zero-order valence-corrected chi connectivity index (χ0v) is 7.69. The lowest BCUT2D eigenvalue weighted by Crippen LogP contribution is -2.48. The van der Waals surface area contributed by atoms with Crippen molar-refractivity contribution in [1.29, 1.82) is 0 Å². The number of ether oxygens (including phenoxy) is 1. The van der Waals surface area contributed by atoms with E-state index in [1.807, 2.05) is 0 Å². The summed E-state index contributed by atoms with van der Waals surface area (Å²) in [6.45, 7) is 9.45. The quantitative estimate of drug-likeness (QED) is 0.646. The molecule has 1 N–H and O–H groups in total. The Morgan fingerprint density at radius 3 is 2.30 bits per heavy atom. The van der Waals surface area contributed by atoms with Gasteiger partial charge in [0, 0.05) is 12.6 Å². The standard InChI is InChI=1S/C8H19NO/c1-6-9-8(3,4)7(2)10-5/h7,9H,6H2,1-5H3. The van der Waals surface area contributed by atoms with Crippen LogP contribution < -0.4 is 5.32 Å². The van der Waals surface area contributed by atoms with Gasteiger partial charge < -0.3 is 10.1 Å². The van der Waals surface area contributed by atoms with Crippen molar-refractivity contribution in [3.8, 4) is 0 Å². The molecule has 0 aromatic heterocycles. The van der Waals surface area contributed by atoms with E-state index in [-0.39, 0.29) is 11.6 Å². The van der Waals surface area contributed by atoms with Crippen molar-refractivity contribution >= 4 is 0 Å². The van der Waals surface area contributed by atoms with E-state index < -0.39 is 0 Å². The van der Waals surface area contributed by atoms with E-state index in [2.05, 4.69) is 33.0 Å². The highest BCUT2D eigenvalue weighted by Gasteiger charge is 2.23. The number of hydrogen-bond donors (Lipinski definition) is 1. The van der Waals surface area contributed by atoms with E-state index in [9.17, 15) is 0 Å². The normalized spacial score (nSPS) is 15.3. The lowest BCUT2D eigenvalue weighted by molar-refractivity contribution is 0.0476. The van der Waals surface area contributed by atoms with Gasteiger partial charge in [0.1, 0.15) is 0 Å². The Bertz CT molecular complexity index is 91.3. The van der Waals surface area contributed by atoms with Crippen molar-refractivity contribution in [2.45, 2.75) is 39.3 Å². The summed E-state index contributed by atoms with van der Waals surface area (Å²) in [5.41, 5.74) is 0.0868. The summed E-state index contributed by atoms with van der Waals surface area (Å²) in [5.74, 6) is 0. The summed E-state index contributed by atoms with van der Waals surface area (Å²) >= 11 is 0. The zero-order valence-electron chi connectivity index (χ0n) is 7.69. The molecular weight excluding hydrogens is 126 g/mol. The van der Waals surface area contributed by atoms with E-state index in [1.165, 1.54) is 0 Å². The number of hydrogen-bond acceptors (Lipinski definition) is 2. The fourth-order valence-electron chi connectivity index (χ4n) is 0.894. The van der Waals surface area contributed by atoms with Gasteiger partial charge in [-0.25, -0.2) is 0 Å². The molecule has 0 rings (SSSR count). The maximum atomic E-state index is 5.20. The molecule has 1 atom stereocenters. The van der Waals surface area contributed by atoms with Gasteiger partial charge in [-0.1, -0.05) is 6.92 Å². The molecule has 0 saturated heterocycles. The summed E-state index contributed by atoms with van der Waals surface area (Å²) in [4.78, 5) is 0. The molecule has 2 nitrogen and oxygen atoms in total. The average molecular weight is 145 g/mol. The van der Waals surface area contributed by atoms with Gasteiger partial charge in [0.2, 0.25) is 0 Å². The predicted molar refractivity (Wildman–Crippen MR) is 44.2 cm³/mol. The molecule has 0 spiro atoms. The first-order valence-corrected chi connectivity index (χ1v) is 3.82. The molecule has 62 valence electrons. The predicted octanol–water partition coefficient (Wildman–Crippen LogP) is 1.41. The second-order valence-electron chi connectivity index (χ2n) is 3.13. The first-order valence-electron chi connectivity index (χ1n) is 3.82. The third-order valence-electron chi connectivity index (χ3n) is 2.00. The lowest BCUT2D eigenvalue weighted by atomic mass is 9.99. The first-order chi connectivity index (χ1) is 4.54. The second kappa shape index (κ2) is 3.94. The van der Waals surface area contributed by atoms with Crippen molar-refractivity contribution in [3.05, 3.63) is 0 Å². The average Bonchev–Trinajstić information content (AvgIpc) is 1.86. The van der Waals surface area contributed by atoms with Gasteiger partial charge in [0.15, 0.2) is 0 Å². The van der Waals surface area contributed by atoms with Crippen LogP contribution in [-0.2, 0) is 4.74 Å². The number of likely N-dealkylation sites (N-methyl/N-ethyl adjacent to an activating group) is 1. The van der Waals surface area contributed by atoms with E-state index in [4.69, 9.17) is 4.74 Å². The van der Waals surface area contributed by atoms with E-state index in [0.717, 1.165) is 6.54 Å². The monoisotopic (exact) mass is 145 g/mol. The van der Waals surface area contributed by atoms with Crippen LogP contribution in [0.1, 0.15) is 27.7 Å². The molecule has 0 aromatic rings. The highest BCUT2D eigenvalue weighted by molar-refractivity contribution is 4.83. The summed E-state index contributed by atoms with van der Waals surface area (Å²) < 4.78 is 5.20. The molecule has 0 aliphatic rings. The maximum absolute atomic E-state index is 5.20. The molecule has 0 aliphatic heterocycles. The molecule has 0 saturated carbocycles. The van der Waals surface area contributed by atoms with E-state index in [1.54, 1.807) is 7.11 Å². The fourth-order valence-corrected chi connectivity index (χ4v) is 0.894. The van der Waals surface area contributed by atoms with Crippen molar-refractivity contribution in [3.63, 3.8) is 0 Å². The van der Waals surface area contributed by atoms with Crippen molar-refractivity contribution in [2.24, 2.45) is 0 Å². The van der Waals surface area contributed by atoms with Crippen LogP contribution in [0, 0.1) is 0 Å². The van der Waals surface area contributed by atoms with Gasteiger partial charge >= 0.3 is 0 Å². The molecule has 0 heterocycles.